The van der Waals surface area contributed by atoms with Gasteiger partial charge in [0.2, 0.25) is 12.2 Å². The lowest BCUT2D eigenvalue weighted by atomic mass is 10.1. The van der Waals surface area contributed by atoms with E-state index in [1.807, 2.05) is 30.3 Å². The molecule has 2 aromatic rings. The van der Waals surface area contributed by atoms with Gasteiger partial charge in [-0.3, -0.25) is 9.59 Å². The van der Waals surface area contributed by atoms with Gasteiger partial charge in [0.1, 0.15) is 24.7 Å². The first-order chi connectivity index (χ1) is 14.6. The number of fused-ring (bicyclic) bond motifs is 1. The van der Waals surface area contributed by atoms with E-state index in [1.165, 1.54) is 17.0 Å². The van der Waals surface area contributed by atoms with Crippen LogP contribution in [-0.4, -0.2) is 29.9 Å². The van der Waals surface area contributed by atoms with Gasteiger partial charge in [-0.25, -0.2) is 4.39 Å². The molecule has 4 rings (SSSR count). The summed E-state index contributed by atoms with van der Waals surface area (Å²) >= 11 is 0. The second kappa shape index (κ2) is 9.26. The van der Waals surface area contributed by atoms with Crippen molar-refractivity contribution in [3.63, 3.8) is 0 Å². The van der Waals surface area contributed by atoms with Crippen molar-refractivity contribution in [3.05, 3.63) is 65.0 Å². The molecule has 0 spiro atoms. The Labute approximate surface area is 174 Å². The Kier molecular flexibility index (Phi) is 6.28. The number of carbonyl (C=O) groups excluding carboxylic acids is 2. The van der Waals surface area contributed by atoms with Gasteiger partial charge in [0.25, 0.3) is 0 Å². The third-order valence-electron chi connectivity index (χ3n) is 5.27. The molecule has 1 saturated heterocycles. The average Bonchev–Trinajstić information content (AvgIpc) is 2.96. The fourth-order valence-corrected chi connectivity index (χ4v) is 3.72. The van der Waals surface area contributed by atoms with Crippen molar-refractivity contribution in [1.82, 2.24) is 4.90 Å². The predicted octanol–water partition coefficient (Wildman–Crippen LogP) is 3.88. The maximum atomic E-state index is 14.1. The number of likely N-dealkylation sites (tertiary alicyclic amines) is 1. The quantitative estimate of drug-likeness (QED) is 0.696. The standard InChI is InChI=1S/C23H24FNO5/c24-19-11-17(14-28-21(27)13-25-10-6-2-5-9-20(25)26)22-18(12-19)15-29-23(30-22)16-7-3-1-4-8-16/h1,3-4,7-8,11-12,23H,2,5-6,9-10,13-15H2/t23-/m1/s1. The fourth-order valence-electron chi connectivity index (χ4n) is 3.72. The van der Waals surface area contributed by atoms with E-state index in [0.29, 0.717) is 29.8 Å². The van der Waals surface area contributed by atoms with E-state index in [-0.39, 0.29) is 25.7 Å². The van der Waals surface area contributed by atoms with Crippen LogP contribution in [0.4, 0.5) is 4.39 Å². The van der Waals surface area contributed by atoms with E-state index in [9.17, 15) is 14.0 Å². The van der Waals surface area contributed by atoms with Crippen LogP contribution < -0.4 is 4.74 Å². The SMILES string of the molecule is O=C(CN1CCCCCC1=O)OCc1cc(F)cc2c1O[C@H](c1ccccc1)OC2. The highest BCUT2D eigenvalue weighted by Crippen LogP contribution is 2.36. The normalized spacial score (nSPS) is 18.9. The molecule has 2 aliphatic heterocycles. The highest BCUT2D eigenvalue weighted by molar-refractivity contribution is 5.82. The molecular weight excluding hydrogens is 389 g/mol. The van der Waals surface area contributed by atoms with Crippen LogP contribution >= 0.6 is 0 Å². The molecule has 0 aromatic heterocycles. The molecule has 1 amide bonds. The lowest BCUT2D eigenvalue weighted by molar-refractivity contribution is -0.150. The van der Waals surface area contributed by atoms with Gasteiger partial charge in [-0.2, -0.15) is 0 Å². The second-order valence-corrected chi connectivity index (χ2v) is 7.51. The first-order valence-electron chi connectivity index (χ1n) is 10.2. The van der Waals surface area contributed by atoms with Crippen molar-refractivity contribution in [1.29, 1.82) is 0 Å². The van der Waals surface area contributed by atoms with Crippen molar-refractivity contribution >= 4 is 11.9 Å². The highest BCUT2D eigenvalue weighted by Gasteiger charge is 2.26. The minimum absolute atomic E-state index is 0.0289. The van der Waals surface area contributed by atoms with Gasteiger partial charge in [-0.15, -0.1) is 0 Å². The Morgan fingerprint density at radius 2 is 2.00 bits per heavy atom. The molecule has 0 bridgehead atoms. The molecular formula is C23H24FNO5. The topological polar surface area (TPSA) is 65.1 Å². The van der Waals surface area contributed by atoms with E-state index < -0.39 is 18.1 Å². The number of hydrogen-bond acceptors (Lipinski definition) is 5. The predicted molar refractivity (Wildman–Crippen MR) is 106 cm³/mol. The largest absolute Gasteiger partial charge is 0.460 e. The van der Waals surface area contributed by atoms with Crippen LogP contribution in [0.5, 0.6) is 5.75 Å². The zero-order chi connectivity index (χ0) is 20.9. The van der Waals surface area contributed by atoms with E-state index in [1.54, 1.807) is 0 Å². The Morgan fingerprint density at radius 3 is 2.83 bits per heavy atom. The van der Waals surface area contributed by atoms with Gasteiger partial charge in [-0.05, 0) is 25.0 Å². The molecule has 6 nitrogen and oxygen atoms in total. The molecule has 2 aromatic carbocycles. The Bertz CT molecular complexity index is 917. The summed E-state index contributed by atoms with van der Waals surface area (Å²) in [7, 11) is 0. The number of esters is 1. The minimum atomic E-state index is -0.617. The van der Waals surface area contributed by atoms with Crippen LogP contribution in [0.15, 0.2) is 42.5 Å². The molecule has 7 heteroatoms. The van der Waals surface area contributed by atoms with E-state index >= 15 is 0 Å². The summed E-state index contributed by atoms with van der Waals surface area (Å²) in [6.45, 7) is 0.522. The summed E-state index contributed by atoms with van der Waals surface area (Å²) in [4.78, 5) is 25.9. The molecule has 2 heterocycles. The molecule has 158 valence electrons. The van der Waals surface area contributed by atoms with Crippen molar-refractivity contribution in [2.45, 2.75) is 45.2 Å². The number of hydrogen-bond donors (Lipinski definition) is 0. The number of rotatable bonds is 5. The third kappa shape index (κ3) is 4.79. The fraction of sp³-hybridized carbons (Fsp3) is 0.391. The molecule has 1 fully saturated rings. The number of ether oxygens (including phenoxy) is 3. The maximum absolute atomic E-state index is 14.1. The number of carbonyl (C=O) groups is 2. The van der Waals surface area contributed by atoms with Crippen LogP contribution in [0.3, 0.4) is 0 Å². The van der Waals surface area contributed by atoms with Gasteiger partial charge < -0.3 is 19.1 Å². The van der Waals surface area contributed by atoms with Crippen molar-refractivity contribution in [2.75, 3.05) is 13.1 Å². The van der Waals surface area contributed by atoms with E-state index in [2.05, 4.69) is 0 Å². The summed E-state index contributed by atoms with van der Waals surface area (Å²) in [5, 5.41) is 0. The molecule has 0 saturated carbocycles. The van der Waals surface area contributed by atoms with Crippen LogP contribution in [0.25, 0.3) is 0 Å². The van der Waals surface area contributed by atoms with Gasteiger partial charge in [0, 0.05) is 29.7 Å². The van der Waals surface area contributed by atoms with Crippen LogP contribution in [0.2, 0.25) is 0 Å². The highest BCUT2D eigenvalue weighted by atomic mass is 19.1. The monoisotopic (exact) mass is 413 g/mol. The molecule has 0 unspecified atom stereocenters. The first kappa shape index (κ1) is 20.3. The lowest BCUT2D eigenvalue weighted by Gasteiger charge is -2.28. The lowest BCUT2D eigenvalue weighted by Crippen LogP contribution is -2.35. The zero-order valence-corrected chi connectivity index (χ0v) is 16.6. The summed E-state index contributed by atoms with van der Waals surface area (Å²) in [6.07, 6.45) is 2.55. The first-order valence-corrected chi connectivity index (χ1v) is 10.2. The smallest absolute Gasteiger partial charge is 0.325 e. The van der Waals surface area contributed by atoms with Gasteiger partial charge in [-0.1, -0.05) is 36.8 Å². The molecule has 0 aliphatic carbocycles. The maximum Gasteiger partial charge on any atom is 0.325 e. The van der Waals surface area contributed by atoms with E-state index in [4.69, 9.17) is 14.2 Å². The summed E-state index contributed by atoms with van der Waals surface area (Å²) < 4.78 is 31.1. The third-order valence-corrected chi connectivity index (χ3v) is 5.27. The van der Waals surface area contributed by atoms with Gasteiger partial charge >= 0.3 is 5.97 Å². The summed E-state index contributed by atoms with van der Waals surface area (Å²) in [5.74, 6) is -0.531. The van der Waals surface area contributed by atoms with Crippen LogP contribution in [-0.2, 0) is 32.3 Å². The molecule has 0 radical (unpaired) electrons. The molecule has 1 atom stereocenters. The summed E-state index contributed by atoms with van der Waals surface area (Å²) in [6, 6.07) is 12.1. The number of benzene rings is 2. The Balaban J connectivity index is 1.44. The molecule has 2 aliphatic rings. The van der Waals surface area contributed by atoms with E-state index in [0.717, 1.165) is 24.8 Å². The Hall–Kier alpha value is -2.93. The summed E-state index contributed by atoms with van der Waals surface area (Å²) in [5.41, 5.74) is 1.84. The molecule has 0 N–H and O–H groups in total. The van der Waals surface area contributed by atoms with Crippen LogP contribution in [0.1, 0.15) is 48.7 Å². The number of halogens is 1. The molecule has 30 heavy (non-hydrogen) atoms. The van der Waals surface area contributed by atoms with Crippen molar-refractivity contribution < 1.29 is 28.2 Å². The zero-order valence-electron chi connectivity index (χ0n) is 16.6. The number of nitrogens with zero attached hydrogens (tertiary/aromatic N) is 1. The Morgan fingerprint density at radius 1 is 1.17 bits per heavy atom. The average molecular weight is 413 g/mol. The van der Waals surface area contributed by atoms with Crippen molar-refractivity contribution in [3.8, 4) is 5.75 Å². The van der Waals surface area contributed by atoms with Crippen molar-refractivity contribution in [2.24, 2.45) is 0 Å². The minimum Gasteiger partial charge on any atom is -0.460 e. The number of amides is 1. The van der Waals surface area contributed by atoms with Gasteiger partial charge in [0.15, 0.2) is 0 Å². The van der Waals surface area contributed by atoms with Gasteiger partial charge in [0.05, 0.1) is 6.61 Å². The van der Waals surface area contributed by atoms with Crippen LogP contribution in [0, 0.1) is 5.82 Å². The second-order valence-electron chi connectivity index (χ2n) is 7.51.